The van der Waals surface area contributed by atoms with Gasteiger partial charge in [0.1, 0.15) is 0 Å². The number of piperazine rings is 1. The van der Waals surface area contributed by atoms with Crippen molar-refractivity contribution in [1.29, 1.82) is 0 Å². The van der Waals surface area contributed by atoms with E-state index < -0.39 is 0 Å². The first-order chi connectivity index (χ1) is 13.6. The normalized spacial score (nSPS) is 14.1. The van der Waals surface area contributed by atoms with Crippen molar-refractivity contribution in [2.24, 2.45) is 0 Å². The van der Waals surface area contributed by atoms with Crippen molar-refractivity contribution in [2.45, 2.75) is 20.3 Å². The van der Waals surface area contributed by atoms with E-state index in [1.54, 1.807) is 6.07 Å². The van der Waals surface area contributed by atoms with Crippen LogP contribution in [0, 0.1) is 0 Å². The van der Waals surface area contributed by atoms with Crippen molar-refractivity contribution >= 4 is 23.2 Å². The SMILES string of the molecule is CCCOc1ccc(C(=O)N2CCN(c3ccccc3Cl)CC2)cc1OCC. The van der Waals surface area contributed by atoms with Crippen LogP contribution in [0.15, 0.2) is 42.5 Å². The monoisotopic (exact) mass is 402 g/mol. The number of benzene rings is 2. The zero-order valence-corrected chi connectivity index (χ0v) is 17.2. The molecule has 0 unspecified atom stereocenters. The van der Waals surface area contributed by atoms with E-state index in [-0.39, 0.29) is 5.91 Å². The molecular weight excluding hydrogens is 376 g/mol. The number of halogens is 1. The number of para-hydroxylation sites is 1. The van der Waals surface area contributed by atoms with Crippen LogP contribution in [0.25, 0.3) is 0 Å². The van der Waals surface area contributed by atoms with E-state index in [1.807, 2.05) is 48.2 Å². The Morgan fingerprint density at radius 1 is 1.00 bits per heavy atom. The zero-order chi connectivity index (χ0) is 19.9. The molecule has 1 saturated heterocycles. The average molecular weight is 403 g/mol. The van der Waals surface area contributed by atoms with Crippen LogP contribution in [0.1, 0.15) is 30.6 Å². The highest BCUT2D eigenvalue weighted by atomic mass is 35.5. The van der Waals surface area contributed by atoms with Gasteiger partial charge in [0.05, 0.1) is 23.9 Å². The number of rotatable bonds is 7. The largest absolute Gasteiger partial charge is 0.490 e. The lowest BCUT2D eigenvalue weighted by Gasteiger charge is -2.36. The van der Waals surface area contributed by atoms with E-state index >= 15 is 0 Å². The van der Waals surface area contributed by atoms with E-state index in [0.717, 1.165) is 30.2 Å². The van der Waals surface area contributed by atoms with Crippen molar-refractivity contribution in [3.05, 3.63) is 53.1 Å². The Balaban J connectivity index is 1.67. The number of anilines is 1. The third kappa shape index (κ3) is 4.71. The number of hydrogen-bond donors (Lipinski definition) is 0. The highest BCUT2D eigenvalue weighted by Gasteiger charge is 2.24. The van der Waals surface area contributed by atoms with Gasteiger partial charge in [0.25, 0.3) is 5.91 Å². The number of nitrogens with zero attached hydrogens (tertiary/aromatic N) is 2. The maximum Gasteiger partial charge on any atom is 0.254 e. The molecule has 28 heavy (non-hydrogen) atoms. The molecule has 3 rings (SSSR count). The summed E-state index contributed by atoms with van der Waals surface area (Å²) >= 11 is 6.30. The predicted octanol–water partition coefficient (Wildman–Crippen LogP) is 4.49. The molecule has 5 nitrogen and oxygen atoms in total. The summed E-state index contributed by atoms with van der Waals surface area (Å²) in [6.45, 7) is 7.95. The molecule has 2 aromatic rings. The summed E-state index contributed by atoms with van der Waals surface area (Å²) < 4.78 is 11.4. The maximum absolute atomic E-state index is 13.0. The fraction of sp³-hybridized carbons (Fsp3) is 0.409. The highest BCUT2D eigenvalue weighted by molar-refractivity contribution is 6.33. The van der Waals surface area contributed by atoms with Gasteiger partial charge in [0, 0.05) is 31.7 Å². The zero-order valence-electron chi connectivity index (χ0n) is 16.5. The van der Waals surface area contributed by atoms with Crippen molar-refractivity contribution in [1.82, 2.24) is 4.90 Å². The molecule has 1 aliphatic rings. The standard InChI is InChI=1S/C22H27ClN2O3/c1-3-15-28-20-10-9-17(16-21(20)27-4-2)22(26)25-13-11-24(12-14-25)19-8-6-5-7-18(19)23/h5-10,16H,3-4,11-15H2,1-2H3. The summed E-state index contributed by atoms with van der Waals surface area (Å²) in [5, 5.41) is 0.742. The summed E-state index contributed by atoms with van der Waals surface area (Å²) in [6.07, 6.45) is 0.919. The molecule has 2 aromatic carbocycles. The minimum absolute atomic E-state index is 0.0156. The second-order valence-corrected chi connectivity index (χ2v) is 7.08. The summed E-state index contributed by atoms with van der Waals surface area (Å²) in [4.78, 5) is 17.1. The molecular formula is C22H27ClN2O3. The van der Waals surface area contributed by atoms with Gasteiger partial charge in [0.2, 0.25) is 0 Å². The average Bonchev–Trinajstić information content (AvgIpc) is 2.73. The van der Waals surface area contributed by atoms with Crippen LogP contribution < -0.4 is 14.4 Å². The molecule has 0 spiro atoms. The molecule has 0 atom stereocenters. The Hall–Kier alpha value is -2.40. The van der Waals surface area contributed by atoms with Crippen LogP contribution in [0.5, 0.6) is 11.5 Å². The molecule has 1 amide bonds. The lowest BCUT2D eigenvalue weighted by atomic mass is 10.1. The quantitative estimate of drug-likeness (QED) is 0.684. The molecule has 0 radical (unpaired) electrons. The van der Waals surface area contributed by atoms with E-state index in [1.165, 1.54) is 0 Å². The fourth-order valence-corrected chi connectivity index (χ4v) is 3.54. The van der Waals surface area contributed by atoms with Crippen molar-refractivity contribution in [2.75, 3.05) is 44.3 Å². The van der Waals surface area contributed by atoms with Gasteiger partial charge < -0.3 is 19.3 Å². The molecule has 1 heterocycles. The Kier molecular flexibility index (Phi) is 7.04. The Morgan fingerprint density at radius 2 is 1.75 bits per heavy atom. The first-order valence-corrected chi connectivity index (χ1v) is 10.2. The maximum atomic E-state index is 13.0. The fourth-order valence-electron chi connectivity index (χ4n) is 3.28. The second-order valence-electron chi connectivity index (χ2n) is 6.67. The van der Waals surface area contributed by atoms with Crippen LogP contribution in [0.4, 0.5) is 5.69 Å². The van der Waals surface area contributed by atoms with Crippen LogP contribution in [-0.4, -0.2) is 50.2 Å². The summed E-state index contributed by atoms with van der Waals surface area (Å²) in [5.41, 5.74) is 1.64. The number of carbonyl (C=O) groups is 1. The molecule has 0 aromatic heterocycles. The van der Waals surface area contributed by atoms with Gasteiger partial charge in [0.15, 0.2) is 11.5 Å². The number of ether oxygens (including phenoxy) is 2. The first-order valence-electron chi connectivity index (χ1n) is 9.82. The Labute approximate surface area is 171 Å². The van der Waals surface area contributed by atoms with Crippen molar-refractivity contribution in [3.63, 3.8) is 0 Å². The Bertz CT molecular complexity index is 804. The molecule has 0 aliphatic carbocycles. The van der Waals surface area contributed by atoms with Crippen LogP contribution in [0.3, 0.4) is 0 Å². The van der Waals surface area contributed by atoms with Crippen LogP contribution in [-0.2, 0) is 0 Å². The van der Waals surface area contributed by atoms with Crippen LogP contribution >= 0.6 is 11.6 Å². The number of hydrogen-bond acceptors (Lipinski definition) is 4. The molecule has 1 aliphatic heterocycles. The summed E-state index contributed by atoms with van der Waals surface area (Å²) in [7, 11) is 0. The van der Waals surface area contributed by atoms with E-state index in [2.05, 4.69) is 11.8 Å². The van der Waals surface area contributed by atoms with Gasteiger partial charge in [-0.15, -0.1) is 0 Å². The third-order valence-electron chi connectivity index (χ3n) is 4.71. The third-order valence-corrected chi connectivity index (χ3v) is 5.03. The first kappa shape index (κ1) is 20.3. The van der Waals surface area contributed by atoms with E-state index in [0.29, 0.717) is 43.4 Å². The second kappa shape index (κ2) is 9.69. The molecule has 0 bridgehead atoms. The van der Waals surface area contributed by atoms with E-state index in [9.17, 15) is 4.79 Å². The van der Waals surface area contributed by atoms with Gasteiger partial charge in [-0.25, -0.2) is 0 Å². The van der Waals surface area contributed by atoms with Crippen LogP contribution in [0.2, 0.25) is 5.02 Å². The lowest BCUT2D eigenvalue weighted by Crippen LogP contribution is -2.48. The van der Waals surface area contributed by atoms with Crippen molar-refractivity contribution in [3.8, 4) is 11.5 Å². The Morgan fingerprint density at radius 3 is 2.43 bits per heavy atom. The molecule has 150 valence electrons. The van der Waals surface area contributed by atoms with E-state index in [4.69, 9.17) is 21.1 Å². The topological polar surface area (TPSA) is 42.0 Å². The smallest absolute Gasteiger partial charge is 0.254 e. The summed E-state index contributed by atoms with van der Waals surface area (Å²) in [5.74, 6) is 1.32. The van der Waals surface area contributed by atoms with Gasteiger partial charge in [-0.05, 0) is 43.7 Å². The minimum Gasteiger partial charge on any atom is -0.490 e. The van der Waals surface area contributed by atoms with Gasteiger partial charge in [-0.2, -0.15) is 0 Å². The van der Waals surface area contributed by atoms with Gasteiger partial charge >= 0.3 is 0 Å². The summed E-state index contributed by atoms with van der Waals surface area (Å²) in [6, 6.07) is 13.3. The molecule has 1 fully saturated rings. The highest BCUT2D eigenvalue weighted by Crippen LogP contribution is 2.30. The van der Waals surface area contributed by atoms with Crippen molar-refractivity contribution < 1.29 is 14.3 Å². The van der Waals surface area contributed by atoms with Gasteiger partial charge in [-0.3, -0.25) is 4.79 Å². The lowest BCUT2D eigenvalue weighted by molar-refractivity contribution is 0.0746. The molecule has 6 heteroatoms. The minimum atomic E-state index is 0.0156. The predicted molar refractivity (Wildman–Crippen MR) is 113 cm³/mol. The number of amides is 1. The molecule has 0 saturated carbocycles. The number of carbonyl (C=O) groups excluding carboxylic acids is 1. The van der Waals surface area contributed by atoms with Gasteiger partial charge in [-0.1, -0.05) is 30.7 Å². The molecule has 0 N–H and O–H groups in total.